The molecule has 0 fully saturated rings. The van der Waals surface area contributed by atoms with E-state index >= 15 is 0 Å². The van der Waals surface area contributed by atoms with Crippen molar-refractivity contribution in [2.75, 3.05) is 6.54 Å². The molecule has 0 amide bonds. The zero-order valence-electron chi connectivity index (χ0n) is 12.7. The molecule has 2 nitrogen and oxygen atoms in total. The number of nitrogens with one attached hydrogen (secondary N) is 1. The maximum absolute atomic E-state index is 10.1. The molecule has 2 heteroatoms. The van der Waals surface area contributed by atoms with Gasteiger partial charge in [-0.15, -0.1) is 0 Å². The van der Waals surface area contributed by atoms with Gasteiger partial charge in [-0.3, -0.25) is 0 Å². The second-order valence-corrected chi connectivity index (χ2v) is 5.69. The molecule has 0 aromatic heterocycles. The molecule has 0 spiro atoms. The summed E-state index contributed by atoms with van der Waals surface area (Å²) < 4.78 is 0. The average molecular weight is 263 g/mol. The van der Waals surface area contributed by atoms with Crippen LogP contribution in [-0.4, -0.2) is 17.3 Å². The van der Waals surface area contributed by atoms with Gasteiger partial charge < -0.3 is 10.4 Å². The zero-order valence-corrected chi connectivity index (χ0v) is 12.7. The third kappa shape index (κ3) is 6.22. The molecule has 0 heterocycles. The number of hydrogen-bond acceptors (Lipinski definition) is 2. The highest BCUT2D eigenvalue weighted by molar-refractivity contribution is 5.18. The lowest BCUT2D eigenvalue weighted by atomic mass is 9.98. The van der Waals surface area contributed by atoms with Gasteiger partial charge in [0.25, 0.3) is 0 Å². The van der Waals surface area contributed by atoms with E-state index in [0.29, 0.717) is 12.6 Å². The normalized spacial score (nSPS) is 16.0. The molecule has 0 saturated heterocycles. The van der Waals surface area contributed by atoms with E-state index in [9.17, 15) is 5.11 Å². The Bertz CT molecular complexity index is 334. The van der Waals surface area contributed by atoms with Crippen LogP contribution >= 0.6 is 0 Å². The van der Waals surface area contributed by atoms with Gasteiger partial charge in [0.2, 0.25) is 0 Å². The largest absolute Gasteiger partial charge is 0.389 e. The minimum Gasteiger partial charge on any atom is -0.389 e. The summed E-state index contributed by atoms with van der Waals surface area (Å²) in [6.07, 6.45) is 5.66. The second-order valence-electron chi connectivity index (χ2n) is 5.69. The fourth-order valence-corrected chi connectivity index (χ4v) is 2.14. The second kappa shape index (κ2) is 8.34. The van der Waals surface area contributed by atoms with Crippen molar-refractivity contribution in [3.05, 3.63) is 35.9 Å². The average Bonchev–Trinajstić information content (AvgIpc) is 2.43. The highest BCUT2D eigenvalue weighted by atomic mass is 16.3. The number of rotatable bonds is 9. The van der Waals surface area contributed by atoms with Gasteiger partial charge in [-0.1, -0.05) is 63.4 Å². The molecule has 2 N–H and O–H groups in total. The van der Waals surface area contributed by atoms with Gasteiger partial charge in [0.1, 0.15) is 0 Å². The van der Waals surface area contributed by atoms with Crippen LogP contribution in [0.5, 0.6) is 0 Å². The third-order valence-corrected chi connectivity index (χ3v) is 3.79. The van der Waals surface area contributed by atoms with Crippen LogP contribution in [0.15, 0.2) is 30.3 Å². The first-order chi connectivity index (χ1) is 9.09. The summed E-state index contributed by atoms with van der Waals surface area (Å²) in [7, 11) is 0. The molecule has 0 bridgehead atoms. The highest BCUT2D eigenvalue weighted by Crippen LogP contribution is 2.21. The molecule has 0 aliphatic carbocycles. The lowest BCUT2D eigenvalue weighted by Gasteiger charge is -2.26. The van der Waals surface area contributed by atoms with Gasteiger partial charge in [-0.25, -0.2) is 0 Å². The molecule has 0 aliphatic rings. The smallest absolute Gasteiger partial charge is 0.0741 e. The molecule has 0 radical (unpaired) electrons. The molecule has 0 saturated carbocycles. The fourth-order valence-electron chi connectivity index (χ4n) is 2.14. The summed E-state index contributed by atoms with van der Waals surface area (Å²) in [6, 6.07) is 10.9. The van der Waals surface area contributed by atoms with Crippen molar-refractivity contribution in [1.29, 1.82) is 0 Å². The quantitative estimate of drug-likeness (QED) is 0.659. The first kappa shape index (κ1) is 16.2. The lowest BCUT2D eigenvalue weighted by Crippen LogP contribution is -2.38. The molecular weight excluding hydrogens is 234 g/mol. The molecular formula is C17H29NO. The standard InChI is InChI=1S/C17H29NO/c1-4-6-8-13-16(15-11-9-7-10-12-15)18-14-17(3,19)5-2/h7,9-12,16,18-19H,4-6,8,13-14H2,1-3H3. The van der Waals surface area contributed by atoms with Gasteiger partial charge in [0, 0.05) is 12.6 Å². The van der Waals surface area contributed by atoms with Crippen LogP contribution in [0.25, 0.3) is 0 Å². The first-order valence-electron chi connectivity index (χ1n) is 7.59. The Labute approximate surface area is 118 Å². The number of hydrogen-bond donors (Lipinski definition) is 2. The molecule has 19 heavy (non-hydrogen) atoms. The Kier molecular flexibility index (Phi) is 7.11. The molecule has 1 aromatic rings. The Hall–Kier alpha value is -0.860. The Morgan fingerprint density at radius 2 is 1.84 bits per heavy atom. The van der Waals surface area contributed by atoms with Crippen molar-refractivity contribution < 1.29 is 5.11 Å². The predicted octanol–water partition coefficient (Wildman–Crippen LogP) is 4.06. The van der Waals surface area contributed by atoms with Crippen molar-refractivity contribution in [3.8, 4) is 0 Å². The number of benzene rings is 1. The van der Waals surface area contributed by atoms with E-state index in [1.807, 2.05) is 13.8 Å². The van der Waals surface area contributed by atoms with Crippen molar-refractivity contribution in [2.45, 2.75) is 64.5 Å². The van der Waals surface area contributed by atoms with Crippen LogP contribution < -0.4 is 5.32 Å². The van der Waals surface area contributed by atoms with Crippen molar-refractivity contribution in [2.24, 2.45) is 0 Å². The maximum Gasteiger partial charge on any atom is 0.0741 e. The van der Waals surface area contributed by atoms with Crippen LogP contribution in [0.1, 0.15) is 64.5 Å². The zero-order chi connectivity index (χ0) is 14.1. The van der Waals surface area contributed by atoms with Crippen molar-refractivity contribution in [1.82, 2.24) is 5.32 Å². The minimum absolute atomic E-state index is 0.353. The third-order valence-electron chi connectivity index (χ3n) is 3.79. The van der Waals surface area contributed by atoms with E-state index in [1.54, 1.807) is 0 Å². The van der Waals surface area contributed by atoms with Crippen LogP contribution in [0.3, 0.4) is 0 Å². The number of unbranched alkanes of at least 4 members (excludes halogenated alkanes) is 2. The summed E-state index contributed by atoms with van der Waals surface area (Å²) in [5.74, 6) is 0. The topological polar surface area (TPSA) is 32.3 Å². The molecule has 108 valence electrons. The molecule has 1 aromatic carbocycles. The lowest BCUT2D eigenvalue weighted by molar-refractivity contribution is 0.0523. The van der Waals surface area contributed by atoms with Crippen LogP contribution in [0.4, 0.5) is 0 Å². The van der Waals surface area contributed by atoms with E-state index in [-0.39, 0.29) is 0 Å². The summed E-state index contributed by atoms with van der Waals surface area (Å²) in [6.45, 7) is 6.80. The van der Waals surface area contributed by atoms with Gasteiger partial charge in [-0.05, 0) is 25.3 Å². The summed E-state index contributed by atoms with van der Waals surface area (Å²) >= 11 is 0. The van der Waals surface area contributed by atoms with E-state index < -0.39 is 5.60 Å². The SMILES string of the molecule is CCCCCC(NCC(C)(O)CC)c1ccccc1. The van der Waals surface area contributed by atoms with Gasteiger partial charge in [0.05, 0.1) is 5.60 Å². The van der Waals surface area contributed by atoms with E-state index in [2.05, 4.69) is 42.6 Å². The summed E-state index contributed by atoms with van der Waals surface area (Å²) in [5, 5.41) is 13.7. The summed E-state index contributed by atoms with van der Waals surface area (Å²) in [4.78, 5) is 0. The van der Waals surface area contributed by atoms with Crippen LogP contribution in [-0.2, 0) is 0 Å². The molecule has 1 rings (SSSR count). The Balaban J connectivity index is 2.59. The monoisotopic (exact) mass is 263 g/mol. The predicted molar refractivity (Wildman–Crippen MR) is 82.2 cm³/mol. The molecule has 2 unspecified atom stereocenters. The maximum atomic E-state index is 10.1. The first-order valence-corrected chi connectivity index (χ1v) is 7.59. The van der Waals surface area contributed by atoms with Gasteiger partial charge >= 0.3 is 0 Å². The van der Waals surface area contributed by atoms with Gasteiger partial charge in [-0.2, -0.15) is 0 Å². The van der Waals surface area contributed by atoms with Crippen molar-refractivity contribution >= 4 is 0 Å². The van der Waals surface area contributed by atoms with Gasteiger partial charge in [0.15, 0.2) is 0 Å². The van der Waals surface area contributed by atoms with E-state index in [4.69, 9.17) is 0 Å². The molecule has 0 aliphatic heterocycles. The Morgan fingerprint density at radius 3 is 2.42 bits per heavy atom. The minimum atomic E-state index is -0.613. The fraction of sp³-hybridized carbons (Fsp3) is 0.647. The van der Waals surface area contributed by atoms with Crippen molar-refractivity contribution in [3.63, 3.8) is 0 Å². The Morgan fingerprint density at radius 1 is 1.16 bits per heavy atom. The van der Waals surface area contributed by atoms with E-state index in [1.165, 1.54) is 24.8 Å². The summed E-state index contributed by atoms with van der Waals surface area (Å²) in [5.41, 5.74) is 0.711. The molecule has 2 atom stereocenters. The highest BCUT2D eigenvalue weighted by Gasteiger charge is 2.20. The van der Waals surface area contributed by atoms with E-state index in [0.717, 1.165) is 12.8 Å². The van der Waals surface area contributed by atoms with Crippen LogP contribution in [0, 0.1) is 0 Å². The van der Waals surface area contributed by atoms with Crippen LogP contribution in [0.2, 0.25) is 0 Å². The number of aliphatic hydroxyl groups is 1.